The molecular formula is C19H16F3N3O2S. The molecule has 1 amide bonds. The van der Waals surface area contributed by atoms with E-state index >= 15 is 0 Å². The van der Waals surface area contributed by atoms with Crippen LogP contribution >= 0.6 is 11.3 Å². The maximum atomic E-state index is 12.9. The van der Waals surface area contributed by atoms with E-state index in [0.717, 1.165) is 24.1 Å². The number of likely N-dealkylation sites (tertiary alicyclic amines) is 1. The predicted molar refractivity (Wildman–Crippen MR) is 96.9 cm³/mol. The van der Waals surface area contributed by atoms with Gasteiger partial charge < -0.3 is 9.32 Å². The Kier molecular flexibility index (Phi) is 4.92. The topological polar surface area (TPSA) is 59.2 Å². The monoisotopic (exact) mass is 407 g/mol. The minimum absolute atomic E-state index is 0.0277. The molecule has 1 aliphatic heterocycles. The lowest BCUT2D eigenvalue weighted by atomic mass is 9.97. The van der Waals surface area contributed by atoms with Crippen molar-refractivity contribution < 1.29 is 22.4 Å². The van der Waals surface area contributed by atoms with Crippen LogP contribution in [0.2, 0.25) is 0 Å². The number of thiophene rings is 1. The molecule has 1 fully saturated rings. The Morgan fingerprint density at radius 3 is 2.86 bits per heavy atom. The van der Waals surface area contributed by atoms with Gasteiger partial charge in [0.2, 0.25) is 11.8 Å². The number of hydrogen-bond acceptors (Lipinski definition) is 5. The minimum Gasteiger partial charge on any atom is -0.420 e. The van der Waals surface area contributed by atoms with E-state index in [4.69, 9.17) is 4.42 Å². The van der Waals surface area contributed by atoms with E-state index in [1.807, 2.05) is 16.8 Å². The van der Waals surface area contributed by atoms with Gasteiger partial charge in [0.25, 0.3) is 5.91 Å². The lowest BCUT2D eigenvalue weighted by Gasteiger charge is -2.31. The van der Waals surface area contributed by atoms with Crippen molar-refractivity contribution in [3.8, 4) is 11.5 Å². The van der Waals surface area contributed by atoms with E-state index < -0.39 is 17.6 Å². The number of hydrogen-bond donors (Lipinski definition) is 0. The summed E-state index contributed by atoms with van der Waals surface area (Å²) in [5, 5.41) is 12.0. The molecule has 1 atom stereocenters. The number of nitrogens with zero attached hydrogens (tertiary/aromatic N) is 3. The lowest BCUT2D eigenvalue weighted by Crippen LogP contribution is -2.39. The van der Waals surface area contributed by atoms with E-state index in [1.165, 1.54) is 23.5 Å². The van der Waals surface area contributed by atoms with Crippen LogP contribution in [0.5, 0.6) is 0 Å². The van der Waals surface area contributed by atoms with E-state index in [0.29, 0.717) is 31.3 Å². The number of rotatable bonds is 3. The highest BCUT2D eigenvalue weighted by molar-refractivity contribution is 7.08. The summed E-state index contributed by atoms with van der Waals surface area (Å²) in [6.45, 7) is 0.817. The molecule has 0 aliphatic carbocycles. The molecule has 2 aromatic heterocycles. The van der Waals surface area contributed by atoms with Crippen LogP contribution in [-0.2, 0) is 6.18 Å². The number of carbonyl (C=O) groups is 1. The highest BCUT2D eigenvalue weighted by atomic mass is 32.1. The first-order valence-electron chi connectivity index (χ1n) is 8.74. The van der Waals surface area contributed by atoms with Gasteiger partial charge in [-0.15, -0.1) is 10.2 Å². The molecule has 1 aliphatic rings. The van der Waals surface area contributed by atoms with Gasteiger partial charge in [0.1, 0.15) is 0 Å². The van der Waals surface area contributed by atoms with Gasteiger partial charge in [-0.05, 0) is 42.5 Å². The molecule has 4 rings (SSSR count). The number of benzene rings is 1. The van der Waals surface area contributed by atoms with Crippen LogP contribution in [0.4, 0.5) is 13.2 Å². The molecule has 1 unspecified atom stereocenters. The lowest BCUT2D eigenvalue weighted by molar-refractivity contribution is -0.137. The summed E-state index contributed by atoms with van der Waals surface area (Å²) >= 11 is 1.52. The van der Waals surface area contributed by atoms with Crippen molar-refractivity contribution >= 4 is 17.2 Å². The molecular weight excluding hydrogens is 391 g/mol. The molecule has 0 radical (unpaired) electrons. The first-order chi connectivity index (χ1) is 13.4. The largest absolute Gasteiger partial charge is 0.420 e. The first kappa shape index (κ1) is 18.7. The third kappa shape index (κ3) is 3.80. The Morgan fingerprint density at radius 1 is 1.25 bits per heavy atom. The van der Waals surface area contributed by atoms with Gasteiger partial charge in [-0.1, -0.05) is 6.07 Å². The zero-order chi connectivity index (χ0) is 19.7. The van der Waals surface area contributed by atoms with Crippen molar-refractivity contribution in [1.29, 1.82) is 0 Å². The second-order valence-corrected chi connectivity index (χ2v) is 7.41. The van der Waals surface area contributed by atoms with Crippen LogP contribution in [0.15, 0.2) is 45.5 Å². The van der Waals surface area contributed by atoms with Crippen LogP contribution in [0, 0.1) is 0 Å². The van der Waals surface area contributed by atoms with Gasteiger partial charge in [-0.25, -0.2) is 0 Å². The fraction of sp³-hybridized carbons (Fsp3) is 0.316. The maximum Gasteiger partial charge on any atom is 0.416 e. The normalized spacial score (nSPS) is 17.7. The molecule has 0 spiro atoms. The summed E-state index contributed by atoms with van der Waals surface area (Å²) in [5.74, 6) is 0.317. The average Bonchev–Trinajstić information content (AvgIpc) is 3.38. The van der Waals surface area contributed by atoms with Gasteiger partial charge in [0, 0.05) is 29.6 Å². The molecule has 28 heavy (non-hydrogen) atoms. The molecule has 1 aromatic carbocycles. The van der Waals surface area contributed by atoms with Crippen molar-refractivity contribution in [2.45, 2.75) is 24.9 Å². The highest BCUT2D eigenvalue weighted by Crippen LogP contribution is 2.32. The van der Waals surface area contributed by atoms with Crippen LogP contribution in [-0.4, -0.2) is 34.1 Å². The summed E-state index contributed by atoms with van der Waals surface area (Å²) in [5.41, 5.74) is 0.0423. The Hall–Kier alpha value is -2.68. The van der Waals surface area contributed by atoms with Gasteiger partial charge in [-0.2, -0.15) is 24.5 Å². The minimum atomic E-state index is -4.48. The molecule has 0 bridgehead atoms. The van der Waals surface area contributed by atoms with Gasteiger partial charge in [0.05, 0.1) is 11.5 Å². The summed E-state index contributed by atoms with van der Waals surface area (Å²) in [4.78, 5) is 14.3. The molecule has 5 nitrogen and oxygen atoms in total. The van der Waals surface area contributed by atoms with E-state index in [1.54, 1.807) is 4.90 Å². The molecule has 3 aromatic rings. The highest BCUT2D eigenvalue weighted by Gasteiger charge is 2.33. The third-order valence-corrected chi connectivity index (χ3v) is 5.39. The Labute approximate surface area is 162 Å². The van der Waals surface area contributed by atoms with Crippen molar-refractivity contribution in [3.63, 3.8) is 0 Å². The Bertz CT molecular complexity index is 969. The number of aromatic nitrogens is 2. The van der Waals surface area contributed by atoms with Crippen molar-refractivity contribution in [2.24, 2.45) is 0 Å². The zero-order valence-corrected chi connectivity index (χ0v) is 15.5. The van der Waals surface area contributed by atoms with E-state index in [2.05, 4.69) is 10.2 Å². The molecule has 1 saturated heterocycles. The van der Waals surface area contributed by atoms with Crippen LogP contribution in [0.25, 0.3) is 11.5 Å². The van der Waals surface area contributed by atoms with Gasteiger partial charge in [-0.3, -0.25) is 4.79 Å². The number of piperidine rings is 1. The fourth-order valence-corrected chi connectivity index (χ4v) is 3.91. The van der Waals surface area contributed by atoms with Crippen LogP contribution in [0.1, 0.15) is 40.6 Å². The number of alkyl halides is 3. The average molecular weight is 407 g/mol. The number of amides is 1. The summed E-state index contributed by atoms with van der Waals surface area (Å²) < 4.78 is 44.5. The quantitative estimate of drug-likeness (QED) is 0.624. The van der Waals surface area contributed by atoms with Crippen molar-refractivity contribution in [3.05, 3.63) is 58.1 Å². The van der Waals surface area contributed by atoms with Gasteiger partial charge >= 0.3 is 6.18 Å². The molecule has 0 saturated carbocycles. The number of halogens is 3. The standard InChI is InChI=1S/C19H16F3N3O2S/c20-19(21,22)15-5-1-3-12(9-15)18(26)25-7-2-4-13(10-25)16-23-24-17(27-16)14-6-8-28-11-14/h1,3,5-6,8-9,11,13H,2,4,7,10H2. The SMILES string of the molecule is O=C(c1cccc(C(F)(F)F)c1)N1CCCC(c2nnc(-c3ccsc3)o2)C1. The predicted octanol–water partition coefficient (Wildman–Crippen LogP) is 4.84. The smallest absolute Gasteiger partial charge is 0.416 e. The molecule has 9 heteroatoms. The van der Waals surface area contributed by atoms with Crippen molar-refractivity contribution in [1.82, 2.24) is 15.1 Å². The summed E-state index contributed by atoms with van der Waals surface area (Å²) in [6, 6.07) is 6.39. The molecule has 3 heterocycles. The third-order valence-electron chi connectivity index (χ3n) is 4.70. The van der Waals surface area contributed by atoms with Crippen molar-refractivity contribution in [2.75, 3.05) is 13.1 Å². The summed E-state index contributed by atoms with van der Waals surface area (Å²) in [7, 11) is 0. The first-order valence-corrected chi connectivity index (χ1v) is 9.68. The summed E-state index contributed by atoms with van der Waals surface area (Å²) in [6.07, 6.45) is -2.99. The zero-order valence-electron chi connectivity index (χ0n) is 14.6. The maximum absolute atomic E-state index is 12.9. The van der Waals surface area contributed by atoms with E-state index in [9.17, 15) is 18.0 Å². The Morgan fingerprint density at radius 2 is 2.11 bits per heavy atom. The van der Waals surface area contributed by atoms with Gasteiger partial charge in [0.15, 0.2) is 0 Å². The second kappa shape index (κ2) is 7.38. The Balaban J connectivity index is 1.50. The molecule has 146 valence electrons. The second-order valence-electron chi connectivity index (χ2n) is 6.63. The fourth-order valence-electron chi connectivity index (χ4n) is 3.28. The van der Waals surface area contributed by atoms with E-state index in [-0.39, 0.29) is 11.5 Å². The molecule has 0 N–H and O–H groups in total. The van der Waals surface area contributed by atoms with Crippen LogP contribution in [0.3, 0.4) is 0 Å². The number of carbonyl (C=O) groups excluding carboxylic acids is 1. The van der Waals surface area contributed by atoms with Crippen LogP contribution < -0.4 is 0 Å².